The Kier molecular flexibility index (Phi) is 10.2. The molecule has 3 heterocycles. The molecule has 4 aliphatic rings. The number of likely N-dealkylation sites (tertiary alicyclic amines) is 1. The Labute approximate surface area is 334 Å². The van der Waals surface area contributed by atoms with Crippen LogP contribution in [-0.2, 0) is 29.1 Å². The average Bonchev–Trinajstić information content (AvgIpc) is 4.02. The first kappa shape index (κ1) is 39.4. The lowest BCUT2D eigenvalue weighted by molar-refractivity contribution is -0.141. The molecular formula is C41H46FN5O10S. The van der Waals surface area contributed by atoms with Crippen molar-refractivity contribution in [2.45, 2.75) is 100 Å². The summed E-state index contributed by atoms with van der Waals surface area (Å²) in [6, 6.07) is 6.90. The Balaban J connectivity index is 1.13. The van der Waals surface area contributed by atoms with Crippen molar-refractivity contribution in [1.82, 2.24) is 25.2 Å². The number of rotatable bonds is 13. The molecule has 15 nitrogen and oxygen atoms in total. The molecule has 8 rings (SSSR count). The van der Waals surface area contributed by atoms with Crippen LogP contribution >= 0.6 is 0 Å². The highest BCUT2D eigenvalue weighted by Crippen LogP contribution is 2.46. The molecule has 4 aromatic rings. The van der Waals surface area contributed by atoms with Crippen molar-refractivity contribution in [2.75, 3.05) is 13.7 Å². The van der Waals surface area contributed by atoms with Crippen molar-refractivity contribution >= 4 is 66.8 Å². The molecule has 3 saturated carbocycles. The van der Waals surface area contributed by atoms with Crippen LogP contribution in [0.1, 0.15) is 65.2 Å². The number of halogens is 1. The van der Waals surface area contributed by atoms with Gasteiger partial charge in [-0.3, -0.25) is 19.1 Å². The number of fused-ring (bicyclic) bond motifs is 4. The summed E-state index contributed by atoms with van der Waals surface area (Å²) < 4.78 is 66.2. The second-order valence-electron chi connectivity index (χ2n) is 16.1. The number of aromatic nitrogens is 1. The number of hydrogen-bond acceptors (Lipinski definition) is 11. The normalized spacial score (nSPS) is 23.9. The van der Waals surface area contributed by atoms with Crippen LogP contribution in [-0.4, -0.2) is 90.9 Å². The van der Waals surface area contributed by atoms with Crippen LogP contribution in [0.15, 0.2) is 53.5 Å². The molecule has 2 aromatic heterocycles. The highest BCUT2D eigenvalue weighted by atomic mass is 32.2. The van der Waals surface area contributed by atoms with Crippen molar-refractivity contribution in [2.24, 2.45) is 11.8 Å². The van der Waals surface area contributed by atoms with E-state index in [0.29, 0.717) is 46.0 Å². The molecule has 0 radical (unpaired) electrons. The lowest BCUT2D eigenvalue weighted by atomic mass is 10.0. The molecule has 1 aliphatic heterocycles. The van der Waals surface area contributed by atoms with Crippen molar-refractivity contribution < 1.29 is 50.6 Å². The van der Waals surface area contributed by atoms with Crippen LogP contribution in [0.2, 0.25) is 0 Å². The third-order valence-electron chi connectivity index (χ3n) is 11.7. The summed E-state index contributed by atoms with van der Waals surface area (Å²) in [6.07, 6.45) is 3.87. The van der Waals surface area contributed by atoms with E-state index < -0.39 is 80.5 Å². The molecule has 3 N–H and O–H groups in total. The van der Waals surface area contributed by atoms with Crippen LogP contribution in [0.25, 0.3) is 33.0 Å². The molecule has 2 aromatic carbocycles. The van der Waals surface area contributed by atoms with E-state index in [9.17, 15) is 32.0 Å². The highest BCUT2D eigenvalue weighted by molar-refractivity contribution is 7.91. The van der Waals surface area contributed by atoms with Gasteiger partial charge < -0.3 is 34.2 Å². The molecule has 58 heavy (non-hydrogen) atoms. The second-order valence-corrected chi connectivity index (χ2v) is 18.0. The summed E-state index contributed by atoms with van der Waals surface area (Å²) >= 11 is 0. The Morgan fingerprint density at radius 3 is 2.48 bits per heavy atom. The molecule has 0 bridgehead atoms. The molecule has 4 fully saturated rings. The van der Waals surface area contributed by atoms with E-state index in [1.807, 2.05) is 0 Å². The minimum Gasteiger partial charge on any atom is -0.497 e. The number of alkyl carbamates (subject to hydrolysis) is 1. The van der Waals surface area contributed by atoms with Gasteiger partial charge in [0.1, 0.15) is 52.5 Å². The molecule has 0 spiro atoms. The van der Waals surface area contributed by atoms with Crippen LogP contribution in [0, 0.1) is 17.7 Å². The van der Waals surface area contributed by atoms with Gasteiger partial charge in [-0.2, -0.15) is 0 Å². The molecule has 17 heteroatoms. The van der Waals surface area contributed by atoms with Crippen LogP contribution in [0.4, 0.5) is 9.18 Å². The van der Waals surface area contributed by atoms with Gasteiger partial charge in [-0.25, -0.2) is 22.6 Å². The van der Waals surface area contributed by atoms with Gasteiger partial charge in [-0.15, -0.1) is 6.58 Å². The average molecular weight is 820 g/mol. The predicted octanol–water partition coefficient (Wildman–Crippen LogP) is 4.99. The fourth-order valence-electron chi connectivity index (χ4n) is 8.18. The smallest absolute Gasteiger partial charge is 0.408 e. The Hall–Kier alpha value is -5.45. The number of pyridine rings is 1. The predicted molar refractivity (Wildman–Crippen MR) is 210 cm³/mol. The number of amides is 4. The molecular weight excluding hydrogens is 774 g/mol. The van der Waals surface area contributed by atoms with Gasteiger partial charge in [0, 0.05) is 29.2 Å². The van der Waals surface area contributed by atoms with E-state index in [-0.39, 0.29) is 36.8 Å². The zero-order valence-electron chi connectivity index (χ0n) is 32.4. The van der Waals surface area contributed by atoms with Crippen molar-refractivity contribution in [3.05, 3.63) is 54.9 Å². The maximum atomic E-state index is 14.6. The fourth-order valence-corrected chi connectivity index (χ4v) is 9.54. The largest absolute Gasteiger partial charge is 0.497 e. The quantitative estimate of drug-likeness (QED) is 0.154. The van der Waals surface area contributed by atoms with Gasteiger partial charge in [0.2, 0.25) is 21.8 Å². The number of carbonyl (C=O) groups excluding carboxylic acids is 4. The first-order valence-corrected chi connectivity index (χ1v) is 21.2. The monoisotopic (exact) mass is 819 g/mol. The lowest BCUT2D eigenvalue weighted by Crippen LogP contribution is -2.59. The zero-order valence-corrected chi connectivity index (χ0v) is 33.2. The number of nitrogens with one attached hydrogen (secondary N) is 3. The molecule has 1 saturated heterocycles. The van der Waals surface area contributed by atoms with Gasteiger partial charge >= 0.3 is 6.09 Å². The summed E-state index contributed by atoms with van der Waals surface area (Å²) in [7, 11) is -2.43. The van der Waals surface area contributed by atoms with Crippen molar-refractivity contribution in [3.8, 4) is 11.5 Å². The maximum Gasteiger partial charge on any atom is 0.408 e. The molecule has 5 atom stereocenters. The van der Waals surface area contributed by atoms with Crippen molar-refractivity contribution in [1.29, 1.82) is 0 Å². The third-order valence-corrected chi connectivity index (χ3v) is 13.5. The first-order valence-electron chi connectivity index (χ1n) is 19.7. The van der Waals surface area contributed by atoms with Gasteiger partial charge in [0.15, 0.2) is 11.3 Å². The number of methoxy groups -OCH3 is 1. The minimum absolute atomic E-state index is 0.0674. The van der Waals surface area contributed by atoms with Gasteiger partial charge in [-0.05, 0) is 81.2 Å². The topological polar surface area (TPSA) is 195 Å². The molecule has 4 amide bonds. The summed E-state index contributed by atoms with van der Waals surface area (Å²) in [4.78, 5) is 61.8. The molecule has 0 unspecified atom stereocenters. The molecule has 3 aliphatic carbocycles. The highest BCUT2D eigenvalue weighted by Gasteiger charge is 2.62. The van der Waals surface area contributed by atoms with E-state index in [2.05, 4.69) is 21.9 Å². The van der Waals surface area contributed by atoms with E-state index in [0.717, 1.165) is 25.7 Å². The number of sulfonamides is 1. The van der Waals surface area contributed by atoms with Crippen molar-refractivity contribution in [3.63, 3.8) is 0 Å². The number of carbonyl (C=O) groups is 4. The van der Waals surface area contributed by atoms with E-state index in [1.165, 1.54) is 36.3 Å². The number of nitrogens with zero attached hydrogens (tertiary/aromatic N) is 2. The first-order chi connectivity index (χ1) is 27.7. The number of hydrogen-bond donors (Lipinski definition) is 3. The van der Waals surface area contributed by atoms with Gasteiger partial charge in [-0.1, -0.05) is 19.9 Å². The Morgan fingerprint density at radius 2 is 1.81 bits per heavy atom. The summed E-state index contributed by atoms with van der Waals surface area (Å²) in [5.74, 6) is -2.90. The summed E-state index contributed by atoms with van der Waals surface area (Å²) in [5, 5.41) is 5.77. The van der Waals surface area contributed by atoms with Gasteiger partial charge in [0.25, 0.3) is 5.91 Å². The van der Waals surface area contributed by atoms with Crippen LogP contribution in [0.5, 0.6) is 11.5 Å². The summed E-state index contributed by atoms with van der Waals surface area (Å²) in [6.45, 7) is 7.17. The second kappa shape index (κ2) is 15.1. The lowest BCUT2D eigenvalue weighted by Gasteiger charge is -2.31. The Morgan fingerprint density at radius 1 is 1.05 bits per heavy atom. The summed E-state index contributed by atoms with van der Waals surface area (Å²) in [5.41, 5.74) is -0.239. The zero-order chi connectivity index (χ0) is 41.1. The van der Waals surface area contributed by atoms with E-state index in [1.54, 1.807) is 32.0 Å². The van der Waals surface area contributed by atoms with Crippen LogP contribution < -0.4 is 24.8 Å². The fraction of sp³-hybridized carbons (Fsp3) is 0.488. The SMILES string of the molecule is C=C[C@@H]1C[C@]1(NC(=O)[C@@H]1C[C@@H](Oc2c3ccc(OC)cc3nc3c2oc2ccc(F)cc23)CN1C(=O)[C@@H](NC(=O)OC1CCCC1)C(C)C)C(=O)NS(=O)(=O)C1CC1. The maximum absolute atomic E-state index is 14.6. The molecule has 308 valence electrons. The number of furan rings is 1. The van der Waals surface area contributed by atoms with E-state index in [4.69, 9.17) is 23.6 Å². The van der Waals surface area contributed by atoms with Crippen LogP contribution in [0.3, 0.4) is 0 Å². The van der Waals surface area contributed by atoms with Gasteiger partial charge in [0.05, 0.1) is 24.4 Å². The number of ether oxygens (including phenoxy) is 3. The minimum atomic E-state index is -3.94. The standard InChI is InChI=1S/C41H46FN5O10S/c1-5-22-19-41(22,39(50)46-58(52,53)27-12-13-27)45-37(48)31-18-26(20-47(31)38(49)33(21(2)3)44-40(51)56-24-8-6-7-9-24)55-35-28-14-11-25(54-4)17-30(28)43-34-29-16-23(42)10-15-32(29)57-36(34)35/h5,10-11,14-17,21-22,24,26-27,31,33H,1,6-9,12-13,18-20H2,2-4H3,(H,44,51)(H,45,48)(H,46,50)/t22-,26-,31+,33+,41-/m1/s1. The Bertz CT molecular complexity index is 2450. The van der Waals surface area contributed by atoms with E-state index >= 15 is 0 Å². The third kappa shape index (κ3) is 7.39. The number of benzene rings is 2.